The van der Waals surface area contributed by atoms with Gasteiger partial charge in [-0.25, -0.2) is 4.79 Å². The van der Waals surface area contributed by atoms with E-state index >= 15 is 0 Å². The third-order valence-corrected chi connectivity index (χ3v) is 4.82. The second kappa shape index (κ2) is 6.88. The lowest BCUT2D eigenvalue weighted by Gasteiger charge is -2.32. The van der Waals surface area contributed by atoms with Gasteiger partial charge >= 0.3 is 5.69 Å². The molecule has 25 heavy (non-hydrogen) atoms. The molecule has 2 heterocycles. The molecule has 0 saturated carbocycles. The predicted octanol–water partition coefficient (Wildman–Crippen LogP) is 1.24. The topological polar surface area (TPSA) is 78.3 Å². The van der Waals surface area contributed by atoms with Crippen LogP contribution in [0.2, 0.25) is 0 Å². The van der Waals surface area contributed by atoms with Gasteiger partial charge in [0, 0.05) is 26.6 Å². The Balaban J connectivity index is 2.06. The first-order valence-electron chi connectivity index (χ1n) is 8.67. The van der Waals surface area contributed by atoms with Crippen molar-refractivity contribution in [1.82, 2.24) is 9.55 Å². The molecule has 6 nitrogen and oxygen atoms in total. The second-order valence-electron chi connectivity index (χ2n) is 7.01. The van der Waals surface area contributed by atoms with Gasteiger partial charge in [-0.15, -0.1) is 0 Å². The SMILES string of the molecule is Cc1cc(C)cc(Cc2c(N3CCC(O)CC3)[nH]c(=O)n(C)c2=O)c1. The van der Waals surface area contributed by atoms with Gasteiger partial charge in [0.2, 0.25) is 0 Å². The number of aryl methyl sites for hydroxylation is 2. The molecule has 0 radical (unpaired) electrons. The molecule has 6 heteroatoms. The first-order valence-corrected chi connectivity index (χ1v) is 8.67. The lowest BCUT2D eigenvalue weighted by Crippen LogP contribution is -2.42. The highest BCUT2D eigenvalue weighted by molar-refractivity contribution is 5.48. The molecule has 2 N–H and O–H groups in total. The highest BCUT2D eigenvalue weighted by Gasteiger charge is 2.23. The molecule has 0 spiro atoms. The summed E-state index contributed by atoms with van der Waals surface area (Å²) in [6.45, 7) is 5.33. The van der Waals surface area contributed by atoms with Crippen molar-refractivity contribution in [3.8, 4) is 0 Å². The van der Waals surface area contributed by atoms with E-state index < -0.39 is 5.69 Å². The van der Waals surface area contributed by atoms with Crippen LogP contribution in [-0.4, -0.2) is 33.9 Å². The van der Waals surface area contributed by atoms with E-state index in [1.807, 2.05) is 18.7 Å². The Hall–Kier alpha value is -2.34. The average Bonchev–Trinajstić information content (AvgIpc) is 2.55. The van der Waals surface area contributed by atoms with Crippen LogP contribution in [0.4, 0.5) is 5.82 Å². The van der Waals surface area contributed by atoms with Gasteiger partial charge in [-0.2, -0.15) is 0 Å². The summed E-state index contributed by atoms with van der Waals surface area (Å²) in [5, 5.41) is 9.73. The summed E-state index contributed by atoms with van der Waals surface area (Å²) < 4.78 is 1.13. The van der Waals surface area contributed by atoms with Crippen molar-refractivity contribution in [2.45, 2.75) is 39.2 Å². The molecule has 3 rings (SSSR count). The summed E-state index contributed by atoms with van der Waals surface area (Å²) in [5.41, 5.74) is 3.29. The van der Waals surface area contributed by atoms with E-state index in [2.05, 4.69) is 23.2 Å². The third-order valence-electron chi connectivity index (χ3n) is 4.82. The zero-order valence-corrected chi connectivity index (χ0v) is 15.0. The molecule has 0 atom stereocenters. The maximum atomic E-state index is 12.8. The van der Waals surface area contributed by atoms with Crippen LogP contribution < -0.4 is 16.1 Å². The van der Waals surface area contributed by atoms with Crippen molar-refractivity contribution in [2.75, 3.05) is 18.0 Å². The number of nitrogens with one attached hydrogen (secondary N) is 1. The average molecular weight is 343 g/mol. The summed E-state index contributed by atoms with van der Waals surface area (Å²) in [7, 11) is 1.50. The second-order valence-corrected chi connectivity index (χ2v) is 7.01. The summed E-state index contributed by atoms with van der Waals surface area (Å²) >= 11 is 0. The van der Waals surface area contributed by atoms with Gasteiger partial charge in [0.15, 0.2) is 0 Å². The molecule has 1 aliphatic heterocycles. The van der Waals surface area contributed by atoms with Crippen LogP contribution in [0.5, 0.6) is 0 Å². The minimum atomic E-state index is -0.407. The summed E-state index contributed by atoms with van der Waals surface area (Å²) in [6.07, 6.45) is 1.44. The number of aliphatic hydroxyl groups is 1. The van der Waals surface area contributed by atoms with Crippen molar-refractivity contribution < 1.29 is 5.11 Å². The monoisotopic (exact) mass is 343 g/mol. The number of piperidine rings is 1. The fourth-order valence-electron chi connectivity index (χ4n) is 3.55. The third kappa shape index (κ3) is 3.69. The number of hydrogen-bond donors (Lipinski definition) is 2. The highest BCUT2D eigenvalue weighted by Crippen LogP contribution is 2.22. The minimum Gasteiger partial charge on any atom is -0.393 e. The number of aliphatic hydroxyl groups excluding tert-OH is 1. The van der Waals surface area contributed by atoms with E-state index in [1.54, 1.807) is 0 Å². The molecule has 0 aliphatic carbocycles. The number of nitrogens with zero attached hydrogens (tertiary/aromatic N) is 2. The molecular weight excluding hydrogens is 318 g/mol. The van der Waals surface area contributed by atoms with Gasteiger partial charge < -0.3 is 10.0 Å². The summed E-state index contributed by atoms with van der Waals surface area (Å²) in [4.78, 5) is 29.7. The zero-order chi connectivity index (χ0) is 18.1. The number of aromatic nitrogens is 2. The van der Waals surface area contributed by atoms with Crippen LogP contribution in [0.15, 0.2) is 27.8 Å². The summed E-state index contributed by atoms with van der Waals surface area (Å²) in [6, 6.07) is 6.24. The molecule has 2 aromatic rings. The molecule has 0 bridgehead atoms. The van der Waals surface area contributed by atoms with Gasteiger partial charge in [0.1, 0.15) is 5.82 Å². The van der Waals surface area contributed by atoms with Crippen LogP contribution in [0.3, 0.4) is 0 Å². The standard InChI is InChI=1S/C19H25N3O3/c1-12-8-13(2)10-14(9-12)11-16-17(20-19(25)21(3)18(16)24)22-6-4-15(23)5-7-22/h8-10,15,23H,4-7,11H2,1-3H3,(H,20,25). The Morgan fingerprint density at radius 3 is 2.32 bits per heavy atom. The molecule has 1 aromatic carbocycles. The molecule has 1 fully saturated rings. The number of hydrogen-bond acceptors (Lipinski definition) is 4. The molecule has 134 valence electrons. The fraction of sp³-hybridized carbons (Fsp3) is 0.474. The van der Waals surface area contributed by atoms with Crippen LogP contribution in [-0.2, 0) is 13.5 Å². The largest absolute Gasteiger partial charge is 0.393 e. The number of H-pyrrole nitrogens is 1. The van der Waals surface area contributed by atoms with Crippen molar-refractivity contribution in [3.05, 3.63) is 61.3 Å². The van der Waals surface area contributed by atoms with Crippen LogP contribution in [0, 0.1) is 13.8 Å². The molecule has 1 aromatic heterocycles. The number of aromatic amines is 1. The Morgan fingerprint density at radius 1 is 1.12 bits per heavy atom. The molecule has 1 saturated heterocycles. The first-order chi connectivity index (χ1) is 11.8. The van der Waals surface area contributed by atoms with Crippen molar-refractivity contribution in [1.29, 1.82) is 0 Å². The smallest absolute Gasteiger partial charge is 0.329 e. The van der Waals surface area contributed by atoms with Gasteiger partial charge in [-0.1, -0.05) is 29.3 Å². The highest BCUT2D eigenvalue weighted by atomic mass is 16.3. The van der Waals surface area contributed by atoms with E-state index in [0.29, 0.717) is 43.7 Å². The molecule has 0 unspecified atom stereocenters. The molecule has 1 aliphatic rings. The van der Waals surface area contributed by atoms with Crippen molar-refractivity contribution in [3.63, 3.8) is 0 Å². The van der Waals surface area contributed by atoms with Crippen LogP contribution in [0.1, 0.15) is 35.1 Å². The van der Waals surface area contributed by atoms with E-state index in [1.165, 1.54) is 7.05 Å². The van der Waals surface area contributed by atoms with E-state index in [0.717, 1.165) is 21.3 Å². The van der Waals surface area contributed by atoms with E-state index in [4.69, 9.17) is 0 Å². The maximum Gasteiger partial charge on any atom is 0.329 e. The molecule has 0 amide bonds. The quantitative estimate of drug-likeness (QED) is 0.879. The van der Waals surface area contributed by atoms with E-state index in [9.17, 15) is 14.7 Å². The summed E-state index contributed by atoms with van der Waals surface area (Å²) in [5.74, 6) is 0.596. The van der Waals surface area contributed by atoms with Gasteiger partial charge in [-0.05, 0) is 32.3 Å². The number of anilines is 1. The van der Waals surface area contributed by atoms with Crippen LogP contribution in [0.25, 0.3) is 0 Å². The lowest BCUT2D eigenvalue weighted by molar-refractivity contribution is 0.145. The van der Waals surface area contributed by atoms with Gasteiger partial charge in [0.25, 0.3) is 5.56 Å². The maximum absolute atomic E-state index is 12.8. The minimum absolute atomic E-state index is 0.260. The molecular formula is C19H25N3O3. The van der Waals surface area contributed by atoms with Gasteiger partial charge in [0.05, 0.1) is 11.7 Å². The Morgan fingerprint density at radius 2 is 1.72 bits per heavy atom. The van der Waals surface area contributed by atoms with Crippen molar-refractivity contribution >= 4 is 5.82 Å². The van der Waals surface area contributed by atoms with Crippen LogP contribution >= 0.6 is 0 Å². The Labute approximate surface area is 146 Å². The Bertz CT molecular complexity index is 870. The van der Waals surface area contributed by atoms with E-state index in [-0.39, 0.29) is 11.7 Å². The first kappa shape index (κ1) is 17.5. The zero-order valence-electron chi connectivity index (χ0n) is 15.0. The predicted molar refractivity (Wildman–Crippen MR) is 98.5 cm³/mol. The van der Waals surface area contributed by atoms with Crippen molar-refractivity contribution in [2.24, 2.45) is 7.05 Å². The fourth-order valence-corrected chi connectivity index (χ4v) is 3.55. The lowest BCUT2D eigenvalue weighted by atomic mass is 10.0. The normalized spacial score (nSPS) is 15.6. The Kier molecular flexibility index (Phi) is 4.81. The van der Waals surface area contributed by atoms with Gasteiger partial charge in [-0.3, -0.25) is 14.3 Å². The number of benzene rings is 1. The number of rotatable bonds is 3.